The lowest BCUT2D eigenvalue weighted by Gasteiger charge is -2.30. The van der Waals surface area contributed by atoms with Crippen LogP contribution in [0, 0.1) is 5.92 Å². The molecule has 0 radical (unpaired) electrons. The lowest BCUT2D eigenvalue weighted by atomic mass is 9.96. The number of piperidine rings is 1. The number of amides is 1. The molecule has 8 heteroatoms. The van der Waals surface area contributed by atoms with Gasteiger partial charge in [0.2, 0.25) is 5.91 Å². The largest absolute Gasteiger partial charge is 0.368 e. The van der Waals surface area contributed by atoms with Crippen molar-refractivity contribution in [2.24, 2.45) is 5.92 Å². The predicted octanol–water partition coefficient (Wildman–Crippen LogP) is 1.84. The standard InChI is InChI=1S/C19H25N5O3/c25-18(21-12-15-4-1-2-8-20-15)14-6-9-24(10-7-14)13-17-22-19(27-23-17)16-5-3-11-26-16/h1-2,4,8,14,16H,3,5-7,9-13H2,(H,21,25)/t16-/m0/s1. The van der Waals surface area contributed by atoms with E-state index in [-0.39, 0.29) is 17.9 Å². The number of rotatable bonds is 6. The highest BCUT2D eigenvalue weighted by Gasteiger charge is 2.27. The highest BCUT2D eigenvalue weighted by molar-refractivity contribution is 5.78. The number of carbonyl (C=O) groups is 1. The van der Waals surface area contributed by atoms with Crippen LogP contribution in [0.5, 0.6) is 0 Å². The molecule has 0 spiro atoms. The first-order valence-corrected chi connectivity index (χ1v) is 9.62. The van der Waals surface area contributed by atoms with Crippen LogP contribution in [0.1, 0.15) is 49.2 Å². The average molecular weight is 371 g/mol. The summed E-state index contributed by atoms with van der Waals surface area (Å²) in [5.41, 5.74) is 0.877. The Kier molecular flexibility index (Phi) is 5.74. The van der Waals surface area contributed by atoms with E-state index >= 15 is 0 Å². The van der Waals surface area contributed by atoms with Crippen LogP contribution in [0.2, 0.25) is 0 Å². The number of pyridine rings is 1. The number of carbonyl (C=O) groups excluding carboxylic acids is 1. The van der Waals surface area contributed by atoms with Crippen LogP contribution < -0.4 is 5.32 Å². The van der Waals surface area contributed by atoms with Gasteiger partial charge in [-0.25, -0.2) is 0 Å². The number of likely N-dealkylation sites (tertiary alicyclic amines) is 1. The van der Waals surface area contributed by atoms with Gasteiger partial charge in [-0.1, -0.05) is 11.2 Å². The van der Waals surface area contributed by atoms with Gasteiger partial charge < -0.3 is 14.6 Å². The maximum atomic E-state index is 12.4. The molecule has 0 bridgehead atoms. The van der Waals surface area contributed by atoms with E-state index < -0.39 is 0 Å². The molecule has 2 fully saturated rings. The monoisotopic (exact) mass is 371 g/mol. The van der Waals surface area contributed by atoms with Crippen molar-refractivity contribution in [2.45, 2.75) is 44.9 Å². The van der Waals surface area contributed by atoms with Gasteiger partial charge in [-0.2, -0.15) is 4.98 Å². The predicted molar refractivity (Wildman–Crippen MR) is 96.3 cm³/mol. The van der Waals surface area contributed by atoms with Crippen LogP contribution in [-0.2, 0) is 22.6 Å². The van der Waals surface area contributed by atoms with Gasteiger partial charge >= 0.3 is 0 Å². The Balaban J connectivity index is 1.21. The minimum absolute atomic E-state index is 0.0419. The fourth-order valence-corrected chi connectivity index (χ4v) is 3.61. The number of nitrogens with one attached hydrogen (secondary N) is 1. The summed E-state index contributed by atoms with van der Waals surface area (Å²) in [6.45, 7) is 3.60. The Hall–Kier alpha value is -2.32. The molecule has 0 saturated carbocycles. The molecule has 4 rings (SSSR count). The molecule has 0 aromatic carbocycles. The first-order chi connectivity index (χ1) is 13.3. The maximum Gasteiger partial charge on any atom is 0.255 e. The third-order valence-corrected chi connectivity index (χ3v) is 5.18. The lowest BCUT2D eigenvalue weighted by Crippen LogP contribution is -2.40. The van der Waals surface area contributed by atoms with Gasteiger partial charge in [-0.05, 0) is 50.9 Å². The van der Waals surface area contributed by atoms with Crippen LogP contribution in [0.25, 0.3) is 0 Å². The summed E-state index contributed by atoms with van der Waals surface area (Å²) in [5, 5.41) is 7.07. The minimum Gasteiger partial charge on any atom is -0.368 e. The van der Waals surface area contributed by atoms with Crippen molar-refractivity contribution >= 4 is 5.91 Å². The van der Waals surface area contributed by atoms with Crippen molar-refractivity contribution < 1.29 is 14.1 Å². The molecule has 0 aliphatic carbocycles. The number of aromatic nitrogens is 3. The summed E-state index contributed by atoms with van der Waals surface area (Å²) in [7, 11) is 0. The van der Waals surface area contributed by atoms with E-state index in [2.05, 4.69) is 25.3 Å². The van der Waals surface area contributed by atoms with Crippen molar-refractivity contribution in [3.63, 3.8) is 0 Å². The lowest BCUT2D eigenvalue weighted by molar-refractivity contribution is -0.126. The molecule has 1 amide bonds. The summed E-state index contributed by atoms with van der Waals surface area (Å²) in [5.74, 6) is 1.45. The molecule has 27 heavy (non-hydrogen) atoms. The molecule has 2 aromatic rings. The summed E-state index contributed by atoms with van der Waals surface area (Å²) in [4.78, 5) is 23.3. The fourth-order valence-electron chi connectivity index (χ4n) is 3.61. The topological polar surface area (TPSA) is 93.4 Å². The summed E-state index contributed by atoms with van der Waals surface area (Å²) in [6.07, 6.45) is 5.36. The summed E-state index contributed by atoms with van der Waals surface area (Å²) >= 11 is 0. The molecule has 1 N–H and O–H groups in total. The van der Waals surface area contributed by atoms with Crippen LogP contribution >= 0.6 is 0 Å². The highest BCUT2D eigenvalue weighted by Crippen LogP contribution is 2.27. The van der Waals surface area contributed by atoms with Gasteiger partial charge in [-0.15, -0.1) is 0 Å². The average Bonchev–Trinajstić information content (AvgIpc) is 3.39. The number of hydrogen-bond donors (Lipinski definition) is 1. The Morgan fingerprint density at radius 1 is 1.26 bits per heavy atom. The second-order valence-electron chi connectivity index (χ2n) is 7.14. The van der Waals surface area contributed by atoms with E-state index in [9.17, 15) is 4.79 Å². The smallest absolute Gasteiger partial charge is 0.255 e. The molecule has 2 aromatic heterocycles. The van der Waals surface area contributed by atoms with E-state index in [1.54, 1.807) is 6.20 Å². The zero-order valence-electron chi connectivity index (χ0n) is 15.3. The number of ether oxygens (including phenoxy) is 1. The van der Waals surface area contributed by atoms with E-state index in [4.69, 9.17) is 9.26 Å². The highest BCUT2D eigenvalue weighted by atomic mass is 16.5. The van der Waals surface area contributed by atoms with Crippen molar-refractivity contribution in [2.75, 3.05) is 19.7 Å². The van der Waals surface area contributed by atoms with Crippen LogP contribution in [0.4, 0.5) is 0 Å². The van der Waals surface area contributed by atoms with Gasteiger partial charge in [-0.3, -0.25) is 14.7 Å². The van der Waals surface area contributed by atoms with Crippen LogP contribution in [-0.4, -0.2) is 45.6 Å². The Morgan fingerprint density at radius 3 is 2.89 bits per heavy atom. The summed E-state index contributed by atoms with van der Waals surface area (Å²) in [6, 6.07) is 5.71. The minimum atomic E-state index is -0.0419. The maximum absolute atomic E-state index is 12.4. The quantitative estimate of drug-likeness (QED) is 0.828. The molecule has 2 saturated heterocycles. The van der Waals surface area contributed by atoms with Crippen molar-refractivity contribution in [1.82, 2.24) is 25.3 Å². The first-order valence-electron chi connectivity index (χ1n) is 9.62. The fraction of sp³-hybridized carbons (Fsp3) is 0.579. The van der Waals surface area contributed by atoms with Gasteiger partial charge in [0.15, 0.2) is 5.82 Å². The molecule has 144 valence electrons. The van der Waals surface area contributed by atoms with E-state index in [0.29, 0.717) is 24.8 Å². The normalized spacial score (nSPS) is 21.4. The molecule has 8 nitrogen and oxygen atoms in total. The Bertz CT molecular complexity index is 737. The second-order valence-corrected chi connectivity index (χ2v) is 7.14. The SMILES string of the molecule is O=C(NCc1ccccn1)C1CCN(Cc2noc([C@@H]3CCCO3)n2)CC1. The molecule has 2 aliphatic rings. The molecule has 1 atom stereocenters. The zero-order chi connectivity index (χ0) is 18.5. The zero-order valence-corrected chi connectivity index (χ0v) is 15.3. The van der Waals surface area contributed by atoms with Crippen molar-refractivity contribution in [3.8, 4) is 0 Å². The van der Waals surface area contributed by atoms with Crippen LogP contribution in [0.15, 0.2) is 28.9 Å². The Morgan fingerprint density at radius 2 is 2.15 bits per heavy atom. The van der Waals surface area contributed by atoms with Crippen molar-refractivity contribution in [3.05, 3.63) is 41.8 Å². The first kappa shape index (κ1) is 18.1. The second kappa shape index (κ2) is 8.58. The third kappa shape index (κ3) is 4.70. The van der Waals surface area contributed by atoms with E-state index in [0.717, 1.165) is 51.1 Å². The van der Waals surface area contributed by atoms with Crippen molar-refractivity contribution in [1.29, 1.82) is 0 Å². The van der Waals surface area contributed by atoms with Crippen LogP contribution in [0.3, 0.4) is 0 Å². The molecule has 0 unspecified atom stereocenters. The number of nitrogens with zero attached hydrogens (tertiary/aromatic N) is 4. The molecular formula is C19H25N5O3. The number of hydrogen-bond acceptors (Lipinski definition) is 7. The van der Waals surface area contributed by atoms with Gasteiger partial charge in [0.25, 0.3) is 5.89 Å². The van der Waals surface area contributed by atoms with Gasteiger partial charge in [0.05, 0.1) is 18.8 Å². The molecule has 4 heterocycles. The Labute approximate surface area is 158 Å². The van der Waals surface area contributed by atoms with E-state index in [1.807, 2.05) is 18.2 Å². The summed E-state index contributed by atoms with van der Waals surface area (Å²) < 4.78 is 10.9. The third-order valence-electron chi connectivity index (χ3n) is 5.18. The molecule has 2 aliphatic heterocycles. The van der Waals surface area contributed by atoms with Gasteiger partial charge in [0, 0.05) is 18.7 Å². The van der Waals surface area contributed by atoms with Gasteiger partial charge in [0.1, 0.15) is 6.10 Å². The van der Waals surface area contributed by atoms with E-state index in [1.165, 1.54) is 0 Å². The molecular weight excluding hydrogens is 346 g/mol.